The Bertz CT molecular complexity index is 531. The van der Waals surface area contributed by atoms with Gasteiger partial charge in [0.1, 0.15) is 0 Å². The van der Waals surface area contributed by atoms with E-state index >= 15 is 0 Å². The van der Waals surface area contributed by atoms with Gasteiger partial charge in [0.25, 0.3) is 0 Å². The van der Waals surface area contributed by atoms with E-state index in [0.29, 0.717) is 22.5 Å². The third-order valence-electron chi connectivity index (χ3n) is 4.15. The van der Waals surface area contributed by atoms with Crippen LogP contribution in [0.25, 0.3) is 0 Å². The van der Waals surface area contributed by atoms with Gasteiger partial charge in [-0.15, -0.1) is 0 Å². The molecule has 3 rings (SSSR count). The lowest BCUT2D eigenvalue weighted by Crippen LogP contribution is -2.43. The molecule has 2 aliphatic rings. The highest BCUT2D eigenvalue weighted by Crippen LogP contribution is 2.40. The monoisotopic (exact) mass is 312 g/mol. The van der Waals surface area contributed by atoms with Crippen LogP contribution in [0.5, 0.6) is 0 Å². The number of benzene rings is 1. The van der Waals surface area contributed by atoms with Gasteiger partial charge >= 0.3 is 0 Å². The maximum atomic E-state index is 12.4. The summed E-state index contributed by atoms with van der Waals surface area (Å²) in [7, 11) is 0. The molecule has 5 heteroatoms. The predicted molar refractivity (Wildman–Crippen MR) is 80.9 cm³/mol. The molecule has 1 saturated carbocycles. The number of halogens is 2. The molecule has 2 fully saturated rings. The number of rotatable bonds is 2. The summed E-state index contributed by atoms with van der Waals surface area (Å²) in [6.07, 6.45) is 4.48. The Morgan fingerprint density at radius 2 is 1.90 bits per heavy atom. The lowest BCUT2D eigenvalue weighted by molar-refractivity contribution is -0.133. The van der Waals surface area contributed by atoms with E-state index in [1.165, 1.54) is 0 Å². The molecule has 0 bridgehead atoms. The number of amides is 1. The van der Waals surface area contributed by atoms with E-state index in [0.717, 1.165) is 31.2 Å². The zero-order valence-electron chi connectivity index (χ0n) is 11.2. The first-order valence-electron chi connectivity index (χ1n) is 7.09. The van der Waals surface area contributed by atoms with Crippen LogP contribution in [0.15, 0.2) is 18.2 Å². The Balaban J connectivity index is 2.00. The van der Waals surface area contributed by atoms with E-state index in [1.807, 2.05) is 17.0 Å². The molecular weight excluding hydrogens is 295 g/mol. The van der Waals surface area contributed by atoms with Gasteiger partial charge < -0.3 is 10.6 Å². The van der Waals surface area contributed by atoms with Crippen molar-refractivity contribution in [2.75, 3.05) is 0 Å². The molecule has 1 aliphatic heterocycles. The second-order valence-corrected chi connectivity index (χ2v) is 6.52. The highest BCUT2D eigenvalue weighted by molar-refractivity contribution is 6.42. The number of hydrogen-bond donors (Lipinski definition) is 1. The second-order valence-electron chi connectivity index (χ2n) is 5.71. The zero-order valence-corrected chi connectivity index (χ0v) is 12.7. The van der Waals surface area contributed by atoms with E-state index in [2.05, 4.69) is 0 Å². The molecule has 3 nitrogen and oxygen atoms in total. The molecule has 108 valence electrons. The maximum absolute atomic E-state index is 12.4. The van der Waals surface area contributed by atoms with E-state index in [4.69, 9.17) is 28.9 Å². The van der Waals surface area contributed by atoms with Gasteiger partial charge in [-0.05, 0) is 43.4 Å². The SMILES string of the molecule is NC1CCCC(=O)N(C2CC2)C1c1ccc(Cl)c(Cl)c1. The summed E-state index contributed by atoms with van der Waals surface area (Å²) in [6.45, 7) is 0. The Labute approximate surface area is 129 Å². The summed E-state index contributed by atoms with van der Waals surface area (Å²) in [4.78, 5) is 14.4. The highest BCUT2D eigenvalue weighted by atomic mass is 35.5. The molecular formula is C15H18Cl2N2O. The van der Waals surface area contributed by atoms with Gasteiger partial charge in [-0.1, -0.05) is 29.3 Å². The Kier molecular flexibility index (Phi) is 3.93. The number of likely N-dealkylation sites (tertiary alicyclic amines) is 1. The standard InChI is InChI=1S/C15H18Cl2N2O/c16-11-7-4-9(8-12(11)17)15-13(18)2-1-3-14(20)19(15)10-5-6-10/h4,7-8,10,13,15H,1-3,5-6,18H2. The molecule has 1 saturated heterocycles. The fraction of sp³-hybridized carbons (Fsp3) is 0.533. The smallest absolute Gasteiger partial charge is 0.223 e. The third kappa shape index (κ3) is 2.67. The topological polar surface area (TPSA) is 46.3 Å². The maximum Gasteiger partial charge on any atom is 0.223 e. The van der Waals surface area contributed by atoms with Crippen molar-refractivity contribution >= 4 is 29.1 Å². The van der Waals surface area contributed by atoms with Crippen LogP contribution in [0.4, 0.5) is 0 Å². The van der Waals surface area contributed by atoms with Crippen molar-refractivity contribution in [2.45, 2.75) is 50.2 Å². The van der Waals surface area contributed by atoms with Crippen molar-refractivity contribution < 1.29 is 4.79 Å². The zero-order chi connectivity index (χ0) is 14.3. The first kappa shape index (κ1) is 14.2. The molecule has 1 amide bonds. The average Bonchev–Trinajstić information content (AvgIpc) is 3.22. The van der Waals surface area contributed by atoms with Crippen LogP contribution in [0.2, 0.25) is 10.0 Å². The van der Waals surface area contributed by atoms with Crippen LogP contribution in [-0.2, 0) is 4.79 Å². The number of hydrogen-bond acceptors (Lipinski definition) is 2. The molecule has 0 spiro atoms. The largest absolute Gasteiger partial charge is 0.331 e. The fourth-order valence-electron chi connectivity index (χ4n) is 3.02. The Morgan fingerprint density at radius 3 is 2.55 bits per heavy atom. The third-order valence-corrected chi connectivity index (χ3v) is 4.89. The second kappa shape index (κ2) is 5.55. The van der Waals surface area contributed by atoms with Crippen molar-refractivity contribution in [1.29, 1.82) is 0 Å². The molecule has 2 unspecified atom stereocenters. The molecule has 20 heavy (non-hydrogen) atoms. The van der Waals surface area contributed by atoms with Gasteiger partial charge in [0.15, 0.2) is 0 Å². The van der Waals surface area contributed by atoms with Crippen LogP contribution in [0.1, 0.15) is 43.7 Å². The molecule has 0 radical (unpaired) electrons. The fourth-order valence-corrected chi connectivity index (χ4v) is 3.33. The molecule has 1 aliphatic carbocycles. The van der Waals surface area contributed by atoms with Crippen molar-refractivity contribution in [1.82, 2.24) is 4.90 Å². The molecule has 0 aromatic heterocycles. The highest BCUT2D eigenvalue weighted by Gasteiger charge is 2.41. The summed E-state index contributed by atoms with van der Waals surface area (Å²) in [5.74, 6) is 0.219. The van der Waals surface area contributed by atoms with Gasteiger partial charge in [-0.2, -0.15) is 0 Å². The van der Waals surface area contributed by atoms with Crippen LogP contribution < -0.4 is 5.73 Å². The van der Waals surface area contributed by atoms with Crippen LogP contribution >= 0.6 is 23.2 Å². The van der Waals surface area contributed by atoms with E-state index in [9.17, 15) is 4.79 Å². The minimum Gasteiger partial charge on any atom is -0.331 e. The van der Waals surface area contributed by atoms with Crippen LogP contribution in [-0.4, -0.2) is 22.9 Å². The number of carbonyl (C=O) groups excluding carboxylic acids is 1. The van der Waals surface area contributed by atoms with Gasteiger partial charge in [-0.25, -0.2) is 0 Å². The first-order valence-corrected chi connectivity index (χ1v) is 7.85. The quantitative estimate of drug-likeness (QED) is 0.908. The van der Waals surface area contributed by atoms with Gasteiger partial charge in [0.05, 0.1) is 16.1 Å². The van der Waals surface area contributed by atoms with E-state index in [1.54, 1.807) is 6.07 Å². The number of nitrogens with zero attached hydrogens (tertiary/aromatic N) is 1. The minimum absolute atomic E-state index is 0.0423. The molecule has 2 atom stereocenters. The summed E-state index contributed by atoms with van der Waals surface area (Å²) in [5.41, 5.74) is 7.34. The molecule has 1 aromatic rings. The van der Waals surface area contributed by atoms with Crippen LogP contribution in [0.3, 0.4) is 0 Å². The summed E-state index contributed by atoms with van der Waals surface area (Å²) < 4.78 is 0. The van der Waals surface area contributed by atoms with Gasteiger partial charge in [-0.3, -0.25) is 4.79 Å². The predicted octanol–water partition coefficient (Wildman–Crippen LogP) is 3.54. The Hall–Kier alpha value is -0.770. The van der Waals surface area contributed by atoms with Gasteiger partial charge in [0, 0.05) is 18.5 Å². The van der Waals surface area contributed by atoms with Crippen molar-refractivity contribution in [3.8, 4) is 0 Å². The average molecular weight is 313 g/mol. The summed E-state index contributed by atoms with van der Waals surface area (Å²) in [6, 6.07) is 5.80. The Morgan fingerprint density at radius 1 is 1.15 bits per heavy atom. The molecule has 1 aromatic carbocycles. The number of nitrogens with two attached hydrogens (primary N) is 1. The first-order chi connectivity index (χ1) is 9.58. The van der Waals surface area contributed by atoms with E-state index < -0.39 is 0 Å². The van der Waals surface area contributed by atoms with Crippen molar-refractivity contribution in [3.63, 3.8) is 0 Å². The summed E-state index contributed by atoms with van der Waals surface area (Å²) >= 11 is 12.1. The van der Waals surface area contributed by atoms with Gasteiger partial charge in [0.2, 0.25) is 5.91 Å². The molecule has 1 heterocycles. The lowest BCUT2D eigenvalue weighted by Gasteiger charge is -2.34. The van der Waals surface area contributed by atoms with Crippen LogP contribution in [0, 0.1) is 0 Å². The van der Waals surface area contributed by atoms with Crippen molar-refractivity contribution in [2.24, 2.45) is 5.73 Å². The number of carbonyl (C=O) groups is 1. The van der Waals surface area contributed by atoms with Crippen molar-refractivity contribution in [3.05, 3.63) is 33.8 Å². The minimum atomic E-state index is -0.0766. The lowest BCUT2D eigenvalue weighted by atomic mass is 9.96. The molecule has 2 N–H and O–H groups in total. The normalized spacial score (nSPS) is 27.6. The van der Waals surface area contributed by atoms with E-state index in [-0.39, 0.29) is 18.0 Å². The summed E-state index contributed by atoms with van der Waals surface area (Å²) in [5, 5.41) is 1.05.